The van der Waals surface area contributed by atoms with Crippen molar-refractivity contribution < 1.29 is 0 Å². The average Bonchev–Trinajstić information content (AvgIpc) is 2.90. The number of aryl methyl sites for hydroxylation is 1. The van der Waals surface area contributed by atoms with Crippen molar-refractivity contribution in [2.45, 2.75) is 46.2 Å². The Bertz CT molecular complexity index is 590. The summed E-state index contributed by atoms with van der Waals surface area (Å²) in [4.78, 5) is 9.56. The van der Waals surface area contributed by atoms with E-state index in [2.05, 4.69) is 75.1 Å². The molecule has 1 aliphatic heterocycles. The maximum Gasteiger partial charge on any atom is 0.194 e. The number of likely N-dealkylation sites (tertiary alicyclic amines) is 1. The van der Waals surface area contributed by atoms with E-state index in [0.717, 1.165) is 19.0 Å². The van der Waals surface area contributed by atoms with Crippen molar-refractivity contribution >= 4 is 29.9 Å². The van der Waals surface area contributed by atoms with Crippen LogP contribution in [0, 0.1) is 5.41 Å². The predicted octanol–water partition coefficient (Wildman–Crippen LogP) is 2.73. The van der Waals surface area contributed by atoms with Crippen LogP contribution in [0.4, 0.5) is 0 Å². The van der Waals surface area contributed by atoms with Gasteiger partial charge in [-0.25, -0.2) is 0 Å². The van der Waals surface area contributed by atoms with E-state index in [-0.39, 0.29) is 35.6 Å². The molecule has 7 heteroatoms. The Morgan fingerprint density at radius 3 is 2.40 bits per heavy atom. The molecule has 1 aliphatic rings. The molecule has 2 rings (SSSR count). The normalized spacial score (nSPS) is 20.0. The van der Waals surface area contributed by atoms with Gasteiger partial charge >= 0.3 is 0 Å². The number of nitrogens with one attached hydrogen (secondary N) is 1. The summed E-state index contributed by atoms with van der Waals surface area (Å²) in [6.45, 7) is 14.0. The van der Waals surface area contributed by atoms with E-state index in [0.29, 0.717) is 12.0 Å². The van der Waals surface area contributed by atoms with Crippen molar-refractivity contribution in [3.63, 3.8) is 0 Å². The molecule has 0 aromatic carbocycles. The van der Waals surface area contributed by atoms with E-state index in [1.807, 2.05) is 17.9 Å². The number of hydrogen-bond acceptors (Lipinski definition) is 3. The van der Waals surface area contributed by atoms with Gasteiger partial charge in [-0.2, -0.15) is 5.10 Å². The van der Waals surface area contributed by atoms with Gasteiger partial charge in [-0.1, -0.05) is 13.8 Å². The van der Waals surface area contributed by atoms with Gasteiger partial charge in [0.25, 0.3) is 0 Å². The van der Waals surface area contributed by atoms with Gasteiger partial charge in [-0.3, -0.25) is 9.67 Å². The second-order valence-corrected chi connectivity index (χ2v) is 8.15. The van der Waals surface area contributed by atoms with Gasteiger partial charge in [0.05, 0.1) is 18.8 Å². The monoisotopic (exact) mass is 462 g/mol. The van der Waals surface area contributed by atoms with Gasteiger partial charge in [0.2, 0.25) is 0 Å². The predicted molar refractivity (Wildman–Crippen MR) is 116 cm³/mol. The zero-order valence-corrected chi connectivity index (χ0v) is 19.3. The third-order valence-corrected chi connectivity index (χ3v) is 5.62. The van der Waals surface area contributed by atoms with Crippen LogP contribution in [-0.4, -0.2) is 64.8 Å². The molecular weight excluding hydrogens is 427 g/mol. The Hall–Kier alpha value is -0.830. The fraction of sp³-hybridized carbons (Fsp3) is 0.778. The van der Waals surface area contributed by atoms with E-state index < -0.39 is 0 Å². The summed E-state index contributed by atoms with van der Waals surface area (Å²) >= 11 is 0. The molecule has 0 aliphatic carbocycles. The van der Waals surface area contributed by atoms with Crippen molar-refractivity contribution in [1.29, 1.82) is 0 Å². The molecule has 0 saturated carbocycles. The van der Waals surface area contributed by atoms with Gasteiger partial charge in [0.15, 0.2) is 5.96 Å². The molecule has 1 N–H and O–H groups in total. The lowest BCUT2D eigenvalue weighted by molar-refractivity contribution is -0.0668. The lowest BCUT2D eigenvalue weighted by atomic mass is 9.65. The lowest BCUT2D eigenvalue weighted by Crippen LogP contribution is -2.72. The Morgan fingerprint density at radius 2 is 2.00 bits per heavy atom. The number of halogens is 1. The fourth-order valence-corrected chi connectivity index (χ4v) is 3.15. The molecule has 1 unspecified atom stereocenters. The quantitative estimate of drug-likeness (QED) is 0.416. The molecule has 1 saturated heterocycles. The summed E-state index contributed by atoms with van der Waals surface area (Å²) in [6.07, 6.45) is 4.01. The largest absolute Gasteiger partial charge is 0.356 e. The molecule has 0 radical (unpaired) electrons. The Balaban J connectivity index is 0.00000312. The number of aliphatic imine (C=N–C) groups is 1. The number of aromatic nitrogens is 2. The zero-order chi connectivity index (χ0) is 18.1. The van der Waals surface area contributed by atoms with Crippen LogP contribution in [0.1, 0.15) is 46.2 Å². The first kappa shape index (κ1) is 22.2. The van der Waals surface area contributed by atoms with E-state index in [1.165, 1.54) is 5.56 Å². The third-order valence-electron chi connectivity index (χ3n) is 5.62. The molecule has 2 heterocycles. The van der Waals surface area contributed by atoms with Gasteiger partial charge < -0.3 is 15.1 Å². The molecule has 1 fully saturated rings. The van der Waals surface area contributed by atoms with Crippen LogP contribution < -0.4 is 5.32 Å². The minimum atomic E-state index is 0. The van der Waals surface area contributed by atoms with E-state index in [4.69, 9.17) is 4.99 Å². The maximum atomic E-state index is 4.96. The first-order chi connectivity index (χ1) is 11.1. The molecule has 0 bridgehead atoms. The van der Waals surface area contributed by atoms with Crippen LogP contribution in [0.15, 0.2) is 17.4 Å². The van der Waals surface area contributed by atoms with Crippen LogP contribution in [0.2, 0.25) is 0 Å². The molecule has 25 heavy (non-hydrogen) atoms. The summed E-state index contributed by atoms with van der Waals surface area (Å²) < 4.78 is 1.85. The van der Waals surface area contributed by atoms with Crippen molar-refractivity contribution in [1.82, 2.24) is 24.9 Å². The van der Waals surface area contributed by atoms with Gasteiger partial charge in [0, 0.05) is 42.9 Å². The average molecular weight is 462 g/mol. The summed E-state index contributed by atoms with van der Waals surface area (Å²) in [5, 5.41) is 7.77. The van der Waals surface area contributed by atoms with Crippen molar-refractivity contribution in [3.8, 4) is 0 Å². The van der Waals surface area contributed by atoms with Crippen LogP contribution in [0.5, 0.6) is 0 Å². The highest BCUT2D eigenvalue weighted by molar-refractivity contribution is 14.0. The van der Waals surface area contributed by atoms with Crippen LogP contribution in [0.25, 0.3) is 0 Å². The Kier molecular flexibility index (Phi) is 7.32. The van der Waals surface area contributed by atoms with E-state index in [1.54, 1.807) is 0 Å². The van der Waals surface area contributed by atoms with Crippen molar-refractivity contribution in [2.24, 2.45) is 17.5 Å². The van der Waals surface area contributed by atoms with Gasteiger partial charge in [-0.15, -0.1) is 24.0 Å². The SMILES string of the molecule is CCNC(=NCC(c1cnn(C)c1)N(C)C)N1CC(C)(C)C1(C)C.I. The third kappa shape index (κ3) is 4.48. The first-order valence-electron chi connectivity index (χ1n) is 8.81. The smallest absolute Gasteiger partial charge is 0.194 e. The second kappa shape index (κ2) is 8.24. The minimum Gasteiger partial charge on any atom is -0.356 e. The summed E-state index contributed by atoms with van der Waals surface area (Å²) in [5.41, 5.74) is 1.61. The highest BCUT2D eigenvalue weighted by Crippen LogP contribution is 2.46. The molecule has 0 amide bonds. The molecule has 1 aromatic heterocycles. The topological polar surface area (TPSA) is 48.7 Å². The summed E-state index contributed by atoms with van der Waals surface area (Å²) in [7, 11) is 6.14. The molecule has 0 spiro atoms. The number of guanidine groups is 1. The standard InChI is InChI=1S/C18H34N6.HI/c1-9-19-16(24-13-17(2,3)18(24,4)5)20-11-15(22(6)7)14-10-21-23(8)12-14;/h10,12,15H,9,11,13H2,1-8H3,(H,19,20);1H. The molecule has 1 aromatic rings. The highest BCUT2D eigenvalue weighted by Gasteiger charge is 2.53. The van der Waals surface area contributed by atoms with Crippen LogP contribution >= 0.6 is 24.0 Å². The fourth-order valence-electron chi connectivity index (χ4n) is 3.15. The van der Waals surface area contributed by atoms with Crippen LogP contribution in [0.3, 0.4) is 0 Å². The maximum absolute atomic E-state index is 4.96. The number of likely N-dealkylation sites (N-methyl/N-ethyl adjacent to an activating group) is 1. The van der Waals surface area contributed by atoms with Gasteiger partial charge in [0.1, 0.15) is 0 Å². The minimum absolute atomic E-state index is 0. The number of hydrogen-bond donors (Lipinski definition) is 1. The Labute approximate surface area is 170 Å². The number of nitrogens with zero attached hydrogens (tertiary/aromatic N) is 5. The molecule has 6 nitrogen and oxygen atoms in total. The summed E-state index contributed by atoms with van der Waals surface area (Å²) in [5.74, 6) is 1.01. The van der Waals surface area contributed by atoms with Crippen LogP contribution in [-0.2, 0) is 7.05 Å². The van der Waals surface area contributed by atoms with Crippen molar-refractivity contribution in [2.75, 3.05) is 33.7 Å². The van der Waals surface area contributed by atoms with E-state index >= 15 is 0 Å². The summed E-state index contributed by atoms with van der Waals surface area (Å²) in [6, 6.07) is 0.227. The first-order valence-corrected chi connectivity index (χ1v) is 8.81. The van der Waals surface area contributed by atoms with Crippen molar-refractivity contribution in [3.05, 3.63) is 18.0 Å². The molecular formula is C18H35IN6. The highest BCUT2D eigenvalue weighted by atomic mass is 127. The lowest BCUT2D eigenvalue weighted by Gasteiger charge is -2.62. The molecule has 1 atom stereocenters. The molecule has 144 valence electrons. The zero-order valence-electron chi connectivity index (χ0n) is 17.0. The number of rotatable bonds is 5. The second-order valence-electron chi connectivity index (χ2n) is 8.15. The van der Waals surface area contributed by atoms with E-state index in [9.17, 15) is 0 Å². The van der Waals surface area contributed by atoms with Gasteiger partial charge in [-0.05, 0) is 34.9 Å². The Morgan fingerprint density at radius 1 is 1.36 bits per heavy atom.